The summed E-state index contributed by atoms with van der Waals surface area (Å²) in [5, 5.41) is 0. The van der Waals surface area contributed by atoms with Crippen LogP contribution >= 0.6 is 0 Å². The van der Waals surface area contributed by atoms with Crippen LogP contribution in [0.5, 0.6) is 0 Å². The van der Waals surface area contributed by atoms with Crippen molar-refractivity contribution in [3.05, 3.63) is 0 Å². The Morgan fingerprint density at radius 2 is 1.59 bits per heavy atom. The minimum atomic E-state index is 0.201. The van der Waals surface area contributed by atoms with Gasteiger partial charge in [-0.25, -0.2) is 0 Å². The molecule has 1 atom stereocenters. The molecule has 1 amide bonds. The van der Waals surface area contributed by atoms with Crippen molar-refractivity contribution in [1.82, 2.24) is 4.90 Å². The van der Waals surface area contributed by atoms with Gasteiger partial charge in [0.2, 0.25) is 5.91 Å². The van der Waals surface area contributed by atoms with Crippen LogP contribution in [0, 0.1) is 5.92 Å². The lowest BCUT2D eigenvalue weighted by Crippen LogP contribution is -2.42. The number of hydrogen-bond donors (Lipinski definition) is 1. The first-order valence-electron chi connectivity index (χ1n) is 7.32. The molecule has 3 heteroatoms. The van der Waals surface area contributed by atoms with Gasteiger partial charge in [-0.15, -0.1) is 0 Å². The highest BCUT2D eigenvalue weighted by atomic mass is 16.2. The van der Waals surface area contributed by atoms with Crippen LogP contribution in [-0.2, 0) is 4.79 Å². The van der Waals surface area contributed by atoms with Crippen LogP contribution in [0.2, 0.25) is 0 Å². The normalized spacial score (nSPS) is 28.5. The molecule has 1 saturated heterocycles. The van der Waals surface area contributed by atoms with Crippen LogP contribution in [0.1, 0.15) is 57.8 Å². The molecule has 0 aromatic carbocycles. The Kier molecular flexibility index (Phi) is 4.84. The number of carbonyl (C=O) groups is 1. The molecule has 2 N–H and O–H groups in total. The number of carbonyl (C=O) groups excluding carboxylic acids is 1. The van der Waals surface area contributed by atoms with Crippen molar-refractivity contribution in [2.24, 2.45) is 11.7 Å². The predicted octanol–water partition coefficient (Wildman–Crippen LogP) is 2.30. The molecule has 0 radical (unpaired) electrons. The van der Waals surface area contributed by atoms with E-state index in [1.54, 1.807) is 0 Å². The van der Waals surface area contributed by atoms with Crippen molar-refractivity contribution >= 4 is 5.91 Å². The third kappa shape index (κ3) is 3.70. The van der Waals surface area contributed by atoms with Crippen LogP contribution in [0.4, 0.5) is 0 Å². The summed E-state index contributed by atoms with van der Waals surface area (Å²) < 4.78 is 0. The average Bonchev–Trinajstić information content (AvgIpc) is 2.70. The van der Waals surface area contributed by atoms with E-state index in [1.165, 1.54) is 32.1 Å². The Labute approximate surface area is 105 Å². The Morgan fingerprint density at radius 3 is 2.29 bits per heavy atom. The zero-order chi connectivity index (χ0) is 12.1. The molecule has 98 valence electrons. The van der Waals surface area contributed by atoms with E-state index in [0.717, 1.165) is 38.8 Å². The summed E-state index contributed by atoms with van der Waals surface area (Å²) >= 11 is 0. The van der Waals surface area contributed by atoms with E-state index in [9.17, 15) is 4.79 Å². The summed E-state index contributed by atoms with van der Waals surface area (Å²) in [7, 11) is 0. The standard InChI is InChI=1S/C14H26N2O/c15-13-9-5-6-10-16(11-13)14(17)12-7-3-1-2-4-8-12/h12-13H,1-11,15H2. The predicted molar refractivity (Wildman–Crippen MR) is 69.6 cm³/mol. The summed E-state index contributed by atoms with van der Waals surface area (Å²) in [6, 6.07) is 0.201. The van der Waals surface area contributed by atoms with E-state index >= 15 is 0 Å². The number of nitrogens with two attached hydrogens (primary N) is 1. The number of amides is 1. The summed E-state index contributed by atoms with van der Waals surface area (Å²) in [4.78, 5) is 14.5. The number of rotatable bonds is 1. The van der Waals surface area contributed by atoms with Gasteiger partial charge in [0.1, 0.15) is 0 Å². The highest BCUT2D eigenvalue weighted by molar-refractivity contribution is 5.79. The molecule has 1 saturated carbocycles. The van der Waals surface area contributed by atoms with E-state index in [2.05, 4.69) is 0 Å². The molecular formula is C14H26N2O. The summed E-state index contributed by atoms with van der Waals surface area (Å²) in [5.74, 6) is 0.687. The third-order valence-electron chi connectivity index (χ3n) is 4.22. The van der Waals surface area contributed by atoms with E-state index < -0.39 is 0 Å². The monoisotopic (exact) mass is 238 g/mol. The molecule has 3 nitrogen and oxygen atoms in total. The summed E-state index contributed by atoms with van der Waals surface area (Å²) in [6.45, 7) is 1.72. The number of nitrogens with zero attached hydrogens (tertiary/aromatic N) is 1. The fourth-order valence-corrected chi connectivity index (χ4v) is 3.16. The van der Waals surface area contributed by atoms with Crippen molar-refractivity contribution in [2.45, 2.75) is 63.8 Å². The van der Waals surface area contributed by atoms with Crippen molar-refractivity contribution in [1.29, 1.82) is 0 Å². The fraction of sp³-hybridized carbons (Fsp3) is 0.929. The van der Waals surface area contributed by atoms with Crippen molar-refractivity contribution in [3.63, 3.8) is 0 Å². The van der Waals surface area contributed by atoms with Gasteiger partial charge in [-0.05, 0) is 25.7 Å². The van der Waals surface area contributed by atoms with Crippen LogP contribution in [-0.4, -0.2) is 29.9 Å². The van der Waals surface area contributed by atoms with Crippen molar-refractivity contribution in [3.8, 4) is 0 Å². The van der Waals surface area contributed by atoms with E-state index in [4.69, 9.17) is 5.73 Å². The lowest BCUT2D eigenvalue weighted by Gasteiger charge is -2.27. The van der Waals surface area contributed by atoms with Gasteiger partial charge in [0.25, 0.3) is 0 Å². The topological polar surface area (TPSA) is 46.3 Å². The molecular weight excluding hydrogens is 212 g/mol. The van der Waals surface area contributed by atoms with E-state index in [0.29, 0.717) is 11.8 Å². The minimum Gasteiger partial charge on any atom is -0.341 e. The highest BCUT2D eigenvalue weighted by Gasteiger charge is 2.27. The maximum Gasteiger partial charge on any atom is 0.225 e. The number of hydrogen-bond acceptors (Lipinski definition) is 2. The van der Waals surface area contributed by atoms with Crippen molar-refractivity contribution in [2.75, 3.05) is 13.1 Å². The third-order valence-corrected chi connectivity index (χ3v) is 4.22. The van der Waals surface area contributed by atoms with Gasteiger partial charge in [-0.3, -0.25) is 4.79 Å². The van der Waals surface area contributed by atoms with Gasteiger partial charge in [0, 0.05) is 25.0 Å². The molecule has 1 heterocycles. The zero-order valence-electron chi connectivity index (χ0n) is 10.9. The Balaban J connectivity index is 1.92. The van der Waals surface area contributed by atoms with Gasteiger partial charge >= 0.3 is 0 Å². The summed E-state index contributed by atoms with van der Waals surface area (Å²) in [6.07, 6.45) is 10.7. The lowest BCUT2D eigenvalue weighted by atomic mass is 9.98. The van der Waals surface area contributed by atoms with Gasteiger partial charge in [0.15, 0.2) is 0 Å². The van der Waals surface area contributed by atoms with E-state index in [1.807, 2.05) is 4.90 Å². The Morgan fingerprint density at radius 1 is 0.941 bits per heavy atom. The largest absolute Gasteiger partial charge is 0.341 e. The van der Waals surface area contributed by atoms with Gasteiger partial charge in [-0.2, -0.15) is 0 Å². The fourth-order valence-electron chi connectivity index (χ4n) is 3.16. The minimum absolute atomic E-state index is 0.201. The van der Waals surface area contributed by atoms with Crippen LogP contribution in [0.15, 0.2) is 0 Å². The van der Waals surface area contributed by atoms with Gasteiger partial charge in [0.05, 0.1) is 0 Å². The molecule has 0 aromatic heterocycles. The first-order valence-corrected chi connectivity index (χ1v) is 7.32. The quantitative estimate of drug-likeness (QED) is 0.712. The molecule has 1 aliphatic heterocycles. The second-order valence-corrected chi connectivity index (χ2v) is 5.73. The molecule has 0 bridgehead atoms. The molecule has 1 aliphatic carbocycles. The van der Waals surface area contributed by atoms with Crippen LogP contribution in [0.3, 0.4) is 0 Å². The maximum absolute atomic E-state index is 12.5. The second kappa shape index (κ2) is 6.39. The molecule has 2 rings (SSSR count). The van der Waals surface area contributed by atoms with Crippen molar-refractivity contribution < 1.29 is 4.79 Å². The van der Waals surface area contributed by atoms with Crippen LogP contribution < -0.4 is 5.73 Å². The molecule has 17 heavy (non-hydrogen) atoms. The first kappa shape index (κ1) is 12.9. The SMILES string of the molecule is NC1CCCCN(C(=O)C2CCCCCC2)C1. The smallest absolute Gasteiger partial charge is 0.225 e. The van der Waals surface area contributed by atoms with Gasteiger partial charge in [-0.1, -0.05) is 32.1 Å². The zero-order valence-corrected chi connectivity index (χ0v) is 10.9. The van der Waals surface area contributed by atoms with Crippen LogP contribution in [0.25, 0.3) is 0 Å². The molecule has 0 spiro atoms. The highest BCUT2D eigenvalue weighted by Crippen LogP contribution is 2.25. The molecule has 0 aromatic rings. The lowest BCUT2D eigenvalue weighted by molar-refractivity contribution is -0.136. The Hall–Kier alpha value is -0.570. The maximum atomic E-state index is 12.5. The van der Waals surface area contributed by atoms with E-state index in [-0.39, 0.29) is 6.04 Å². The Bertz CT molecular complexity index is 247. The average molecular weight is 238 g/mol. The van der Waals surface area contributed by atoms with Gasteiger partial charge < -0.3 is 10.6 Å². The molecule has 1 unspecified atom stereocenters. The second-order valence-electron chi connectivity index (χ2n) is 5.73. The molecule has 2 aliphatic rings. The first-order chi connectivity index (χ1) is 8.27. The summed E-state index contributed by atoms with van der Waals surface area (Å²) in [5.41, 5.74) is 6.03. The number of likely N-dealkylation sites (tertiary alicyclic amines) is 1. The molecule has 2 fully saturated rings.